The number of rotatable bonds is 6. The molecular formula is C18H14N2O6. The third-order valence-corrected chi connectivity index (χ3v) is 3.58. The second-order valence-electron chi connectivity index (χ2n) is 5.29. The number of nitro groups is 1. The second-order valence-corrected chi connectivity index (χ2v) is 5.29. The van der Waals surface area contributed by atoms with E-state index in [-0.39, 0.29) is 17.9 Å². The van der Waals surface area contributed by atoms with Crippen molar-refractivity contribution in [3.05, 3.63) is 76.0 Å². The number of hydrogen-bond donors (Lipinski definition) is 0. The Balaban J connectivity index is 1.65. The van der Waals surface area contributed by atoms with Crippen LogP contribution >= 0.6 is 0 Å². The van der Waals surface area contributed by atoms with E-state index in [4.69, 9.17) is 14.0 Å². The van der Waals surface area contributed by atoms with Crippen LogP contribution < -0.4 is 4.74 Å². The first-order valence-electron chi connectivity index (χ1n) is 7.58. The molecule has 8 heteroatoms. The van der Waals surface area contributed by atoms with Gasteiger partial charge in [-0.2, -0.15) is 0 Å². The van der Waals surface area contributed by atoms with Crippen molar-refractivity contribution in [2.75, 3.05) is 7.11 Å². The summed E-state index contributed by atoms with van der Waals surface area (Å²) >= 11 is 0. The average molecular weight is 354 g/mol. The maximum absolute atomic E-state index is 12.0. The number of carbonyl (C=O) groups is 1. The summed E-state index contributed by atoms with van der Waals surface area (Å²) in [6.07, 6.45) is 0. The monoisotopic (exact) mass is 354 g/mol. The molecule has 0 radical (unpaired) electrons. The summed E-state index contributed by atoms with van der Waals surface area (Å²) in [4.78, 5) is 22.2. The minimum atomic E-state index is -0.678. The quantitative estimate of drug-likeness (QED) is 0.378. The number of esters is 1. The first-order valence-corrected chi connectivity index (χ1v) is 7.58. The molecule has 132 valence electrons. The van der Waals surface area contributed by atoms with Gasteiger partial charge in [0.05, 0.1) is 17.6 Å². The van der Waals surface area contributed by atoms with Crippen molar-refractivity contribution < 1.29 is 23.7 Å². The van der Waals surface area contributed by atoms with Crippen LogP contribution in [0.15, 0.2) is 59.1 Å². The van der Waals surface area contributed by atoms with Gasteiger partial charge in [0.1, 0.15) is 18.1 Å². The normalized spacial score (nSPS) is 10.3. The summed E-state index contributed by atoms with van der Waals surface area (Å²) in [5, 5.41) is 14.6. The predicted octanol–water partition coefficient (Wildman–Crippen LogP) is 3.62. The van der Waals surface area contributed by atoms with Crippen LogP contribution in [0.3, 0.4) is 0 Å². The highest BCUT2D eigenvalue weighted by Crippen LogP contribution is 2.23. The van der Waals surface area contributed by atoms with E-state index in [1.54, 1.807) is 25.3 Å². The number of non-ortho nitro benzene ring substituents is 1. The van der Waals surface area contributed by atoms with Gasteiger partial charge >= 0.3 is 5.97 Å². The van der Waals surface area contributed by atoms with Gasteiger partial charge in [-0.3, -0.25) is 10.1 Å². The first kappa shape index (κ1) is 17.2. The fourth-order valence-electron chi connectivity index (χ4n) is 2.24. The predicted molar refractivity (Wildman–Crippen MR) is 90.7 cm³/mol. The Morgan fingerprint density at radius 1 is 1.19 bits per heavy atom. The number of benzene rings is 2. The molecule has 2 aromatic carbocycles. The third kappa shape index (κ3) is 3.86. The highest BCUT2D eigenvalue weighted by molar-refractivity contribution is 5.90. The lowest BCUT2D eigenvalue weighted by molar-refractivity contribution is -0.384. The Bertz CT molecular complexity index is 933. The molecular weight excluding hydrogens is 340 g/mol. The van der Waals surface area contributed by atoms with Gasteiger partial charge in [0.2, 0.25) is 0 Å². The summed E-state index contributed by atoms with van der Waals surface area (Å²) in [6.45, 7) is -0.110. The molecule has 0 amide bonds. The molecule has 0 fully saturated rings. The fraction of sp³-hybridized carbons (Fsp3) is 0.111. The number of methoxy groups -OCH3 is 1. The topological polar surface area (TPSA) is 105 Å². The molecule has 0 aliphatic heterocycles. The van der Waals surface area contributed by atoms with E-state index >= 15 is 0 Å². The summed E-state index contributed by atoms with van der Waals surface area (Å²) < 4.78 is 15.5. The van der Waals surface area contributed by atoms with E-state index in [0.29, 0.717) is 11.5 Å². The van der Waals surface area contributed by atoms with Crippen LogP contribution in [0.25, 0.3) is 11.3 Å². The van der Waals surface area contributed by atoms with E-state index in [9.17, 15) is 14.9 Å². The van der Waals surface area contributed by atoms with Gasteiger partial charge < -0.3 is 14.0 Å². The molecule has 0 atom stereocenters. The third-order valence-electron chi connectivity index (χ3n) is 3.58. The lowest BCUT2D eigenvalue weighted by Crippen LogP contribution is -2.05. The summed E-state index contributed by atoms with van der Waals surface area (Å²) in [5.74, 6) is 0.566. The standard InChI is InChI=1S/C18H14N2O6/c1-24-16-7-5-12(6-8-16)17-10-14(19-26-17)11-25-18(21)13-3-2-4-15(9-13)20(22)23/h2-10H,11H2,1H3. The van der Waals surface area contributed by atoms with E-state index in [2.05, 4.69) is 5.16 Å². The lowest BCUT2D eigenvalue weighted by atomic mass is 10.1. The molecule has 8 nitrogen and oxygen atoms in total. The zero-order valence-corrected chi connectivity index (χ0v) is 13.7. The highest BCUT2D eigenvalue weighted by Gasteiger charge is 2.14. The Morgan fingerprint density at radius 2 is 1.96 bits per heavy atom. The smallest absolute Gasteiger partial charge is 0.338 e. The zero-order valence-electron chi connectivity index (χ0n) is 13.7. The largest absolute Gasteiger partial charge is 0.497 e. The van der Waals surface area contributed by atoms with Crippen LogP contribution in [0, 0.1) is 10.1 Å². The van der Waals surface area contributed by atoms with Crippen LogP contribution in [-0.2, 0) is 11.3 Å². The minimum Gasteiger partial charge on any atom is -0.497 e. The van der Waals surface area contributed by atoms with Crippen molar-refractivity contribution in [3.8, 4) is 17.1 Å². The molecule has 3 rings (SSSR count). The maximum atomic E-state index is 12.0. The van der Waals surface area contributed by atoms with Gasteiger partial charge in [-0.05, 0) is 30.3 Å². The number of ether oxygens (including phenoxy) is 2. The molecule has 0 saturated heterocycles. The Hall–Kier alpha value is -3.68. The first-order chi connectivity index (χ1) is 12.6. The van der Waals surface area contributed by atoms with Crippen LogP contribution in [-0.4, -0.2) is 23.2 Å². The van der Waals surface area contributed by atoms with Crippen LogP contribution in [0.4, 0.5) is 5.69 Å². The Kier molecular flexibility index (Phi) is 4.93. The van der Waals surface area contributed by atoms with Gasteiger partial charge in [-0.15, -0.1) is 0 Å². The molecule has 0 saturated carbocycles. The van der Waals surface area contributed by atoms with Crippen LogP contribution in [0.5, 0.6) is 5.75 Å². The molecule has 0 aliphatic rings. The van der Waals surface area contributed by atoms with Crippen LogP contribution in [0.2, 0.25) is 0 Å². The molecule has 1 heterocycles. The van der Waals surface area contributed by atoms with Gasteiger partial charge in [0.15, 0.2) is 5.76 Å². The molecule has 3 aromatic rings. The van der Waals surface area contributed by atoms with E-state index in [0.717, 1.165) is 17.4 Å². The molecule has 0 unspecified atom stereocenters. The minimum absolute atomic E-state index is 0.0954. The highest BCUT2D eigenvalue weighted by atomic mass is 16.6. The fourth-order valence-corrected chi connectivity index (χ4v) is 2.24. The molecule has 0 spiro atoms. The number of aromatic nitrogens is 1. The molecule has 0 bridgehead atoms. The van der Waals surface area contributed by atoms with E-state index in [1.807, 2.05) is 12.1 Å². The number of nitro benzene ring substituents is 1. The van der Waals surface area contributed by atoms with Gasteiger partial charge in [0.25, 0.3) is 5.69 Å². The van der Waals surface area contributed by atoms with Crippen molar-refractivity contribution in [2.45, 2.75) is 6.61 Å². The SMILES string of the molecule is COc1ccc(-c2cc(COC(=O)c3cccc([N+](=O)[O-])c3)no2)cc1. The average Bonchev–Trinajstić information content (AvgIpc) is 3.15. The van der Waals surface area contributed by atoms with E-state index in [1.165, 1.54) is 18.2 Å². The Labute approximate surface area is 148 Å². The van der Waals surface area contributed by atoms with Gasteiger partial charge in [-0.25, -0.2) is 4.79 Å². The van der Waals surface area contributed by atoms with Crippen molar-refractivity contribution in [1.82, 2.24) is 5.16 Å². The van der Waals surface area contributed by atoms with Crippen LogP contribution in [0.1, 0.15) is 16.1 Å². The van der Waals surface area contributed by atoms with Crippen molar-refractivity contribution in [1.29, 1.82) is 0 Å². The lowest BCUT2D eigenvalue weighted by Gasteiger charge is -2.02. The number of hydrogen-bond acceptors (Lipinski definition) is 7. The van der Waals surface area contributed by atoms with E-state index < -0.39 is 10.9 Å². The zero-order chi connectivity index (χ0) is 18.5. The van der Waals surface area contributed by atoms with Crippen molar-refractivity contribution >= 4 is 11.7 Å². The maximum Gasteiger partial charge on any atom is 0.338 e. The Morgan fingerprint density at radius 3 is 2.65 bits per heavy atom. The molecule has 26 heavy (non-hydrogen) atoms. The number of nitrogens with zero attached hydrogens (tertiary/aromatic N) is 2. The number of carbonyl (C=O) groups excluding carboxylic acids is 1. The molecule has 0 aliphatic carbocycles. The van der Waals surface area contributed by atoms with Gasteiger partial charge in [-0.1, -0.05) is 11.2 Å². The summed E-state index contributed by atoms with van der Waals surface area (Å²) in [6, 6.07) is 14.2. The van der Waals surface area contributed by atoms with Crippen molar-refractivity contribution in [2.24, 2.45) is 0 Å². The van der Waals surface area contributed by atoms with Crippen molar-refractivity contribution in [3.63, 3.8) is 0 Å². The van der Waals surface area contributed by atoms with Gasteiger partial charge in [0, 0.05) is 23.8 Å². The molecule has 0 N–H and O–H groups in total. The summed E-state index contributed by atoms with van der Waals surface area (Å²) in [5.41, 5.74) is 1.14. The second kappa shape index (κ2) is 7.47. The summed E-state index contributed by atoms with van der Waals surface area (Å²) in [7, 11) is 1.58. The molecule has 1 aromatic heterocycles.